The van der Waals surface area contributed by atoms with Crippen LogP contribution in [0.15, 0.2) is 24.3 Å². The highest BCUT2D eigenvalue weighted by Crippen LogP contribution is 2.14. The van der Waals surface area contributed by atoms with Crippen molar-refractivity contribution in [3.8, 4) is 0 Å². The summed E-state index contributed by atoms with van der Waals surface area (Å²) in [6.07, 6.45) is 1.25. The topological polar surface area (TPSA) is 55.2 Å². The Morgan fingerprint density at radius 1 is 1.27 bits per heavy atom. The molecule has 0 bridgehead atoms. The maximum Gasteiger partial charge on any atom is 0.269 e. The lowest BCUT2D eigenvalue weighted by Crippen LogP contribution is -1.89. The summed E-state index contributed by atoms with van der Waals surface area (Å²) in [5.41, 5.74) is 0.986. The Morgan fingerprint density at radius 2 is 1.67 bits per heavy atom. The van der Waals surface area contributed by atoms with Crippen LogP contribution >= 0.6 is 12.4 Å². The molecule has 4 nitrogen and oxygen atoms in total. The summed E-state index contributed by atoms with van der Waals surface area (Å²) >= 11 is 0. The molecule has 1 rings (SSSR count). The second kappa shape index (κ2) is 9.27. The van der Waals surface area contributed by atoms with E-state index in [2.05, 4.69) is 19.2 Å². The van der Waals surface area contributed by atoms with Gasteiger partial charge in [-0.1, -0.05) is 20.3 Å². The standard InChI is InChI=1S/C7H8N2O2.C3H8.ClH/c1-8-6-2-4-7(5-3-6)9(10)11;1-3-2;/h2-5,8H,1H3;3H2,1-2H3;1H. The van der Waals surface area contributed by atoms with E-state index in [1.807, 2.05) is 0 Å². The van der Waals surface area contributed by atoms with Gasteiger partial charge in [-0.2, -0.15) is 0 Å². The molecule has 0 saturated carbocycles. The van der Waals surface area contributed by atoms with Crippen molar-refractivity contribution in [1.82, 2.24) is 0 Å². The molecule has 1 aromatic carbocycles. The van der Waals surface area contributed by atoms with E-state index < -0.39 is 4.92 Å². The molecular formula is C10H17ClN2O2. The van der Waals surface area contributed by atoms with Crippen LogP contribution in [-0.4, -0.2) is 12.0 Å². The lowest BCUT2D eigenvalue weighted by atomic mass is 10.3. The predicted molar refractivity (Wildman–Crippen MR) is 65.9 cm³/mol. The molecule has 0 aliphatic rings. The van der Waals surface area contributed by atoms with Gasteiger partial charge in [-0.15, -0.1) is 12.4 Å². The number of nitrogens with one attached hydrogen (secondary N) is 1. The van der Waals surface area contributed by atoms with E-state index in [0.29, 0.717) is 0 Å². The summed E-state index contributed by atoms with van der Waals surface area (Å²) in [7, 11) is 1.77. The van der Waals surface area contributed by atoms with Gasteiger partial charge >= 0.3 is 0 Å². The first-order valence-electron chi connectivity index (χ1n) is 4.57. The third kappa shape index (κ3) is 6.74. The first kappa shape index (κ1) is 16.2. The second-order valence-electron chi connectivity index (χ2n) is 2.76. The van der Waals surface area contributed by atoms with Crippen LogP contribution in [0.4, 0.5) is 11.4 Å². The van der Waals surface area contributed by atoms with Crippen molar-refractivity contribution < 1.29 is 4.92 Å². The Balaban J connectivity index is 0. The quantitative estimate of drug-likeness (QED) is 0.628. The first-order chi connectivity index (χ1) is 6.65. The van der Waals surface area contributed by atoms with E-state index >= 15 is 0 Å². The number of nitro groups is 1. The molecule has 0 aliphatic carbocycles. The zero-order valence-electron chi connectivity index (χ0n) is 9.19. The normalized spacial score (nSPS) is 7.93. The summed E-state index contributed by atoms with van der Waals surface area (Å²) in [6, 6.07) is 6.26. The lowest BCUT2D eigenvalue weighted by molar-refractivity contribution is -0.384. The van der Waals surface area contributed by atoms with Crippen molar-refractivity contribution in [3.63, 3.8) is 0 Å². The fourth-order valence-electron chi connectivity index (χ4n) is 0.750. The van der Waals surface area contributed by atoms with Gasteiger partial charge in [0.2, 0.25) is 0 Å². The number of nitro benzene ring substituents is 1. The molecule has 0 radical (unpaired) electrons. The van der Waals surface area contributed by atoms with Crippen LogP contribution in [0.5, 0.6) is 0 Å². The van der Waals surface area contributed by atoms with Crippen molar-refractivity contribution in [2.45, 2.75) is 20.3 Å². The van der Waals surface area contributed by atoms with Crippen LogP contribution in [0.25, 0.3) is 0 Å². The minimum absolute atomic E-state index is 0. The van der Waals surface area contributed by atoms with Gasteiger partial charge in [-0.05, 0) is 12.1 Å². The maximum absolute atomic E-state index is 10.2. The van der Waals surface area contributed by atoms with Crippen LogP contribution in [0, 0.1) is 10.1 Å². The number of halogens is 1. The summed E-state index contributed by atoms with van der Waals surface area (Å²) < 4.78 is 0. The molecule has 0 fully saturated rings. The molecule has 15 heavy (non-hydrogen) atoms. The number of benzene rings is 1. The Labute approximate surface area is 96.3 Å². The molecule has 0 aliphatic heterocycles. The molecule has 0 amide bonds. The van der Waals surface area contributed by atoms with E-state index in [4.69, 9.17) is 0 Å². The average Bonchev–Trinajstić information content (AvgIpc) is 2.19. The zero-order valence-corrected chi connectivity index (χ0v) is 10.0. The molecule has 0 heterocycles. The third-order valence-corrected chi connectivity index (χ3v) is 1.37. The number of rotatable bonds is 2. The molecule has 1 aromatic rings. The minimum atomic E-state index is -0.417. The Kier molecular flexibility index (Phi) is 9.98. The largest absolute Gasteiger partial charge is 0.388 e. The van der Waals surface area contributed by atoms with Crippen LogP contribution in [0.2, 0.25) is 0 Å². The van der Waals surface area contributed by atoms with Crippen LogP contribution in [-0.2, 0) is 0 Å². The van der Waals surface area contributed by atoms with Gasteiger partial charge in [0.1, 0.15) is 0 Å². The molecular weight excluding hydrogens is 216 g/mol. The van der Waals surface area contributed by atoms with Crippen molar-refractivity contribution >= 4 is 23.8 Å². The molecule has 0 saturated heterocycles. The van der Waals surface area contributed by atoms with E-state index in [1.54, 1.807) is 19.2 Å². The van der Waals surface area contributed by atoms with Gasteiger partial charge in [0, 0.05) is 24.9 Å². The number of hydrogen-bond acceptors (Lipinski definition) is 3. The molecule has 0 spiro atoms. The van der Waals surface area contributed by atoms with Crippen LogP contribution in [0.3, 0.4) is 0 Å². The average molecular weight is 233 g/mol. The van der Waals surface area contributed by atoms with E-state index in [9.17, 15) is 10.1 Å². The number of non-ortho nitro benzene ring substituents is 1. The summed E-state index contributed by atoms with van der Waals surface area (Å²) in [4.78, 5) is 9.77. The number of hydrogen-bond donors (Lipinski definition) is 1. The lowest BCUT2D eigenvalue weighted by Gasteiger charge is -1.96. The van der Waals surface area contributed by atoms with E-state index in [-0.39, 0.29) is 18.1 Å². The van der Waals surface area contributed by atoms with Gasteiger partial charge in [0.25, 0.3) is 5.69 Å². The zero-order chi connectivity index (χ0) is 11.0. The monoisotopic (exact) mass is 232 g/mol. The maximum atomic E-state index is 10.2. The van der Waals surface area contributed by atoms with Gasteiger partial charge in [0.15, 0.2) is 0 Å². The van der Waals surface area contributed by atoms with Crippen LogP contribution < -0.4 is 5.32 Å². The smallest absolute Gasteiger partial charge is 0.269 e. The Morgan fingerprint density at radius 3 is 1.93 bits per heavy atom. The van der Waals surface area contributed by atoms with Gasteiger partial charge in [-0.25, -0.2) is 0 Å². The molecule has 0 atom stereocenters. The minimum Gasteiger partial charge on any atom is -0.388 e. The first-order valence-corrected chi connectivity index (χ1v) is 4.57. The van der Waals surface area contributed by atoms with E-state index in [1.165, 1.54) is 18.6 Å². The second-order valence-corrected chi connectivity index (χ2v) is 2.76. The van der Waals surface area contributed by atoms with Gasteiger partial charge < -0.3 is 5.32 Å². The molecule has 1 N–H and O–H groups in total. The fraction of sp³-hybridized carbons (Fsp3) is 0.400. The highest BCUT2D eigenvalue weighted by molar-refractivity contribution is 5.85. The van der Waals surface area contributed by atoms with Crippen molar-refractivity contribution in [2.75, 3.05) is 12.4 Å². The SMILES string of the molecule is CCC.CNc1ccc([N+](=O)[O-])cc1.Cl. The summed E-state index contributed by atoms with van der Waals surface area (Å²) in [5.74, 6) is 0. The van der Waals surface area contributed by atoms with Gasteiger partial charge in [-0.3, -0.25) is 10.1 Å². The molecule has 5 heteroatoms. The fourth-order valence-corrected chi connectivity index (χ4v) is 0.750. The molecule has 0 aromatic heterocycles. The Bertz CT molecular complexity index is 275. The Hall–Kier alpha value is -1.29. The molecule has 0 unspecified atom stereocenters. The van der Waals surface area contributed by atoms with Crippen molar-refractivity contribution in [1.29, 1.82) is 0 Å². The highest BCUT2D eigenvalue weighted by Gasteiger charge is 2.01. The molecule has 86 valence electrons. The third-order valence-electron chi connectivity index (χ3n) is 1.37. The highest BCUT2D eigenvalue weighted by atomic mass is 35.5. The number of anilines is 1. The van der Waals surface area contributed by atoms with Gasteiger partial charge in [0.05, 0.1) is 4.92 Å². The summed E-state index contributed by atoms with van der Waals surface area (Å²) in [6.45, 7) is 4.25. The number of nitrogens with zero attached hydrogens (tertiary/aromatic N) is 1. The van der Waals surface area contributed by atoms with Crippen LogP contribution in [0.1, 0.15) is 20.3 Å². The predicted octanol–water partition coefficient (Wildman–Crippen LogP) is 3.47. The van der Waals surface area contributed by atoms with Crippen molar-refractivity contribution in [3.05, 3.63) is 34.4 Å². The van der Waals surface area contributed by atoms with Crippen molar-refractivity contribution in [2.24, 2.45) is 0 Å². The van der Waals surface area contributed by atoms with E-state index in [0.717, 1.165) is 5.69 Å². The summed E-state index contributed by atoms with van der Waals surface area (Å²) in [5, 5.41) is 13.1.